The molecule has 0 saturated carbocycles. The molecule has 0 fully saturated rings. The summed E-state index contributed by atoms with van der Waals surface area (Å²) in [7, 11) is 1.74. The highest BCUT2D eigenvalue weighted by Gasteiger charge is 2.22. The summed E-state index contributed by atoms with van der Waals surface area (Å²) in [4.78, 5) is 16.3. The first-order chi connectivity index (χ1) is 11.4. The average Bonchev–Trinajstić information content (AvgIpc) is 3.05. The topological polar surface area (TPSA) is 85.8 Å². The van der Waals surface area contributed by atoms with Crippen molar-refractivity contribution in [2.24, 2.45) is 7.05 Å². The predicted octanol–water partition coefficient (Wildman–Crippen LogP) is 2.96. The van der Waals surface area contributed by atoms with Gasteiger partial charge in [-0.2, -0.15) is 5.10 Å². The van der Waals surface area contributed by atoms with Crippen molar-refractivity contribution in [3.63, 3.8) is 0 Å². The minimum Gasteiger partial charge on any atom is -0.389 e. The van der Waals surface area contributed by atoms with Crippen LogP contribution in [0, 0.1) is 18.6 Å². The summed E-state index contributed by atoms with van der Waals surface area (Å²) < 4.78 is 29.3. The molecule has 0 unspecified atom stereocenters. The van der Waals surface area contributed by atoms with Crippen molar-refractivity contribution >= 4 is 27.9 Å². The van der Waals surface area contributed by atoms with E-state index in [1.54, 1.807) is 18.7 Å². The summed E-state index contributed by atoms with van der Waals surface area (Å²) in [5.41, 5.74) is 6.68. The second kappa shape index (κ2) is 6.00. The first kappa shape index (κ1) is 16.1. The number of hydrogen-bond donors (Lipinski definition) is 2. The molecular weight excluding hydrogens is 336 g/mol. The molecule has 0 aliphatic rings. The van der Waals surface area contributed by atoms with Gasteiger partial charge >= 0.3 is 0 Å². The zero-order chi connectivity index (χ0) is 17.4. The zero-order valence-electron chi connectivity index (χ0n) is 12.8. The van der Waals surface area contributed by atoms with Gasteiger partial charge in [0.25, 0.3) is 5.91 Å². The molecule has 1 aromatic carbocycles. The lowest BCUT2D eigenvalue weighted by Crippen LogP contribution is -2.14. The maximum Gasteiger partial charge on any atom is 0.277 e. The number of halogens is 2. The highest BCUT2D eigenvalue weighted by molar-refractivity contribution is 7.19. The lowest BCUT2D eigenvalue weighted by molar-refractivity contribution is 0.102. The van der Waals surface area contributed by atoms with Gasteiger partial charge in [0, 0.05) is 7.05 Å². The third-order valence-electron chi connectivity index (χ3n) is 3.53. The predicted molar refractivity (Wildman–Crippen MR) is 87.8 cm³/mol. The maximum atomic E-state index is 13.9. The molecule has 6 nitrogen and oxygen atoms in total. The van der Waals surface area contributed by atoms with Crippen LogP contribution >= 0.6 is 11.3 Å². The van der Waals surface area contributed by atoms with Crippen molar-refractivity contribution in [3.8, 4) is 10.6 Å². The first-order valence-corrected chi connectivity index (χ1v) is 7.70. The number of carbonyl (C=O) groups is 1. The Morgan fingerprint density at radius 1 is 1.33 bits per heavy atom. The largest absolute Gasteiger partial charge is 0.389 e. The van der Waals surface area contributed by atoms with Crippen molar-refractivity contribution in [1.29, 1.82) is 0 Å². The fourth-order valence-corrected chi connectivity index (χ4v) is 2.98. The molecule has 0 aliphatic heterocycles. The lowest BCUT2D eigenvalue weighted by atomic mass is 10.2. The number of aromatic nitrogens is 3. The Morgan fingerprint density at radius 2 is 2.00 bits per heavy atom. The third kappa shape index (κ3) is 2.73. The number of nitrogen functional groups attached to an aromatic ring is 1. The van der Waals surface area contributed by atoms with E-state index in [9.17, 15) is 13.6 Å². The minimum absolute atomic E-state index is 0.0103. The number of nitrogens with zero attached hydrogens (tertiary/aromatic N) is 3. The highest BCUT2D eigenvalue weighted by atomic mass is 32.1. The maximum absolute atomic E-state index is 13.9. The first-order valence-electron chi connectivity index (χ1n) is 6.89. The van der Waals surface area contributed by atoms with Crippen molar-refractivity contribution < 1.29 is 13.6 Å². The van der Waals surface area contributed by atoms with E-state index in [2.05, 4.69) is 15.4 Å². The highest BCUT2D eigenvalue weighted by Crippen LogP contribution is 2.33. The van der Waals surface area contributed by atoms with Gasteiger partial charge in [-0.3, -0.25) is 9.48 Å². The van der Waals surface area contributed by atoms with Gasteiger partial charge in [0.05, 0.1) is 23.1 Å². The summed E-state index contributed by atoms with van der Waals surface area (Å²) in [6.45, 7) is 1.78. The van der Waals surface area contributed by atoms with Crippen LogP contribution in [0.2, 0.25) is 0 Å². The van der Waals surface area contributed by atoms with E-state index in [1.165, 1.54) is 12.3 Å². The molecule has 24 heavy (non-hydrogen) atoms. The van der Waals surface area contributed by atoms with Gasteiger partial charge in [-0.1, -0.05) is 17.4 Å². The van der Waals surface area contributed by atoms with Crippen molar-refractivity contribution in [3.05, 3.63) is 47.4 Å². The van der Waals surface area contributed by atoms with E-state index in [-0.39, 0.29) is 21.3 Å². The molecule has 0 saturated heterocycles. The van der Waals surface area contributed by atoms with Crippen LogP contribution in [0.25, 0.3) is 10.6 Å². The van der Waals surface area contributed by atoms with Crippen molar-refractivity contribution in [1.82, 2.24) is 14.8 Å². The Morgan fingerprint density at radius 3 is 2.58 bits per heavy atom. The van der Waals surface area contributed by atoms with Crippen LogP contribution in [0.4, 0.5) is 19.5 Å². The second-order valence-electron chi connectivity index (χ2n) is 5.05. The van der Waals surface area contributed by atoms with Crippen LogP contribution in [0.1, 0.15) is 16.2 Å². The zero-order valence-corrected chi connectivity index (χ0v) is 13.6. The number of rotatable bonds is 3. The van der Waals surface area contributed by atoms with E-state index in [4.69, 9.17) is 5.73 Å². The van der Waals surface area contributed by atoms with Gasteiger partial charge in [0.15, 0.2) is 5.69 Å². The quantitative estimate of drug-likeness (QED) is 0.761. The minimum atomic E-state index is -0.765. The molecule has 0 spiro atoms. The number of benzene rings is 1. The molecule has 2 heterocycles. The molecular formula is C15H13F2N5OS. The molecule has 0 aliphatic carbocycles. The van der Waals surface area contributed by atoms with Crippen molar-refractivity contribution in [2.75, 3.05) is 11.1 Å². The second-order valence-corrected chi connectivity index (χ2v) is 6.08. The van der Waals surface area contributed by atoms with E-state index in [0.29, 0.717) is 5.69 Å². The summed E-state index contributed by atoms with van der Waals surface area (Å²) in [6.07, 6.45) is 1.49. The van der Waals surface area contributed by atoms with E-state index in [0.717, 1.165) is 29.2 Å². The molecule has 0 atom stereocenters. The number of nitrogens with two attached hydrogens (primary N) is 1. The number of aryl methyl sites for hydroxylation is 1. The van der Waals surface area contributed by atoms with Gasteiger partial charge < -0.3 is 11.1 Å². The Kier molecular flexibility index (Phi) is 4.02. The fourth-order valence-electron chi connectivity index (χ4n) is 2.11. The lowest BCUT2D eigenvalue weighted by Gasteiger charge is -2.03. The smallest absolute Gasteiger partial charge is 0.277 e. The standard InChI is InChI=1S/C15H13F2N5OS/c1-7-10(6-19-22(7)2)20-14(23)12-13(18)24-15(21-12)11-8(16)4-3-5-9(11)17/h3-6H,18H2,1-2H3,(H,20,23). The van der Waals surface area contributed by atoms with Crippen LogP contribution in [-0.4, -0.2) is 20.7 Å². The summed E-state index contributed by atoms with van der Waals surface area (Å²) in [6, 6.07) is 3.49. The van der Waals surface area contributed by atoms with Crippen LogP contribution in [0.5, 0.6) is 0 Å². The molecule has 1 amide bonds. The van der Waals surface area contributed by atoms with Crippen LogP contribution in [0.15, 0.2) is 24.4 Å². The molecule has 9 heteroatoms. The fraction of sp³-hybridized carbons (Fsp3) is 0.133. The monoisotopic (exact) mass is 349 g/mol. The van der Waals surface area contributed by atoms with Gasteiger partial charge in [0.1, 0.15) is 21.6 Å². The Bertz CT molecular complexity index is 914. The normalized spacial score (nSPS) is 10.8. The molecule has 3 rings (SSSR count). The molecule has 0 radical (unpaired) electrons. The number of carbonyl (C=O) groups excluding carboxylic acids is 1. The van der Waals surface area contributed by atoms with Gasteiger partial charge in [-0.15, -0.1) is 0 Å². The van der Waals surface area contributed by atoms with E-state index in [1.807, 2.05) is 0 Å². The average molecular weight is 349 g/mol. The number of anilines is 2. The number of thiazole rings is 1. The van der Waals surface area contributed by atoms with Crippen LogP contribution in [0.3, 0.4) is 0 Å². The van der Waals surface area contributed by atoms with Gasteiger partial charge in [0.2, 0.25) is 0 Å². The summed E-state index contributed by atoms with van der Waals surface area (Å²) >= 11 is 0.849. The number of hydrogen-bond acceptors (Lipinski definition) is 5. The van der Waals surface area contributed by atoms with Crippen LogP contribution < -0.4 is 11.1 Å². The Balaban J connectivity index is 1.94. The van der Waals surface area contributed by atoms with Gasteiger partial charge in [-0.25, -0.2) is 13.8 Å². The number of nitrogens with one attached hydrogen (secondary N) is 1. The van der Waals surface area contributed by atoms with Gasteiger partial charge in [-0.05, 0) is 19.1 Å². The third-order valence-corrected chi connectivity index (χ3v) is 4.43. The summed E-state index contributed by atoms with van der Waals surface area (Å²) in [5, 5.41) is 6.74. The number of amides is 1. The Hall–Kier alpha value is -2.81. The molecule has 124 valence electrons. The van der Waals surface area contributed by atoms with Crippen LogP contribution in [-0.2, 0) is 7.05 Å². The van der Waals surface area contributed by atoms with E-state index < -0.39 is 17.5 Å². The summed E-state index contributed by atoms with van der Waals surface area (Å²) in [5.74, 6) is -2.10. The molecule has 0 bridgehead atoms. The molecule has 2 aromatic heterocycles. The Labute approximate surface area is 139 Å². The molecule has 3 N–H and O–H groups in total. The van der Waals surface area contributed by atoms with Crippen molar-refractivity contribution in [2.45, 2.75) is 6.92 Å². The molecule has 3 aromatic rings. The van der Waals surface area contributed by atoms with E-state index >= 15 is 0 Å². The SMILES string of the molecule is Cc1c(NC(=O)c2nc(-c3c(F)cccc3F)sc2N)cnn1C.